The molecule has 2 amide bonds. The van der Waals surface area contributed by atoms with Crippen LogP contribution in [-0.4, -0.2) is 28.4 Å². The minimum Gasteiger partial charge on any atom is -0.394 e. The minimum absolute atomic E-state index is 0.0937. The van der Waals surface area contributed by atoms with E-state index in [2.05, 4.69) is 6.92 Å². The summed E-state index contributed by atoms with van der Waals surface area (Å²) in [4.78, 5) is 26.6. The van der Waals surface area contributed by atoms with Crippen LogP contribution in [0, 0.1) is 17.8 Å². The number of likely N-dealkylation sites (tertiary alicyclic amines) is 1. The second-order valence-electron chi connectivity index (χ2n) is 6.11. The lowest BCUT2D eigenvalue weighted by Crippen LogP contribution is -2.37. The van der Waals surface area contributed by atoms with Crippen LogP contribution in [0.15, 0.2) is 30.3 Å². The molecule has 4 heteroatoms. The lowest BCUT2D eigenvalue weighted by Gasteiger charge is -2.26. The molecule has 1 aliphatic heterocycles. The van der Waals surface area contributed by atoms with Crippen molar-refractivity contribution >= 4 is 11.8 Å². The van der Waals surface area contributed by atoms with E-state index in [1.165, 1.54) is 4.90 Å². The number of imide groups is 1. The SMILES string of the molecule is CCC1CC2C(=O)N([C@H](CO)c3ccccc3)C(=O)C2C1. The second-order valence-corrected chi connectivity index (χ2v) is 6.11. The molecule has 0 spiro atoms. The number of fused-ring (bicyclic) bond motifs is 1. The molecule has 21 heavy (non-hydrogen) atoms. The van der Waals surface area contributed by atoms with E-state index in [-0.39, 0.29) is 30.3 Å². The Bertz CT molecular complexity index is 518. The van der Waals surface area contributed by atoms with Gasteiger partial charge in [0.15, 0.2) is 0 Å². The highest BCUT2D eigenvalue weighted by Crippen LogP contribution is 2.46. The van der Waals surface area contributed by atoms with E-state index < -0.39 is 6.04 Å². The molecule has 112 valence electrons. The number of carbonyl (C=O) groups excluding carboxylic acids is 2. The van der Waals surface area contributed by atoms with Crippen molar-refractivity contribution in [2.24, 2.45) is 17.8 Å². The molecule has 1 N–H and O–H groups in total. The standard InChI is InChI=1S/C17H21NO3/c1-2-11-8-13-14(9-11)17(21)18(16(13)20)15(10-19)12-6-4-3-5-7-12/h3-7,11,13-15,19H,2,8-10H2,1H3/t11?,13?,14?,15-/m1/s1. The number of hydrogen-bond donors (Lipinski definition) is 1. The Morgan fingerprint density at radius 3 is 2.19 bits per heavy atom. The number of nitrogens with zero attached hydrogens (tertiary/aromatic N) is 1. The molecule has 2 unspecified atom stereocenters. The molecule has 2 aliphatic rings. The summed E-state index contributed by atoms with van der Waals surface area (Å²) in [7, 11) is 0. The molecule has 1 heterocycles. The lowest BCUT2D eigenvalue weighted by molar-refractivity contribution is -0.144. The summed E-state index contributed by atoms with van der Waals surface area (Å²) in [6.07, 6.45) is 2.65. The average Bonchev–Trinajstić information content (AvgIpc) is 3.04. The lowest BCUT2D eigenvalue weighted by atomic mass is 10.00. The monoisotopic (exact) mass is 287 g/mol. The molecule has 1 aromatic rings. The fourth-order valence-electron chi connectivity index (χ4n) is 3.81. The van der Waals surface area contributed by atoms with Gasteiger partial charge in [0.2, 0.25) is 11.8 Å². The van der Waals surface area contributed by atoms with Crippen LogP contribution in [0.1, 0.15) is 37.8 Å². The summed E-state index contributed by atoms with van der Waals surface area (Å²) in [6, 6.07) is 8.76. The molecule has 0 radical (unpaired) electrons. The van der Waals surface area contributed by atoms with Crippen molar-refractivity contribution in [1.82, 2.24) is 4.90 Å². The Kier molecular flexibility index (Phi) is 3.81. The number of carbonyl (C=O) groups is 2. The highest BCUT2D eigenvalue weighted by Gasteiger charge is 2.54. The number of amides is 2. The van der Waals surface area contributed by atoms with Crippen LogP contribution >= 0.6 is 0 Å². The van der Waals surface area contributed by atoms with E-state index in [1.54, 1.807) is 0 Å². The highest BCUT2D eigenvalue weighted by atomic mass is 16.3. The Labute approximate surface area is 124 Å². The van der Waals surface area contributed by atoms with Gasteiger partial charge < -0.3 is 5.11 Å². The van der Waals surface area contributed by atoms with Gasteiger partial charge in [-0.1, -0.05) is 43.7 Å². The highest BCUT2D eigenvalue weighted by molar-refractivity contribution is 6.05. The van der Waals surface area contributed by atoms with E-state index in [0.717, 1.165) is 24.8 Å². The molecule has 1 aliphatic carbocycles. The molecule has 3 atom stereocenters. The van der Waals surface area contributed by atoms with Crippen LogP contribution in [0.25, 0.3) is 0 Å². The third-order valence-electron chi connectivity index (χ3n) is 5.02. The zero-order valence-corrected chi connectivity index (χ0v) is 12.2. The summed E-state index contributed by atoms with van der Waals surface area (Å²) >= 11 is 0. The molecule has 1 saturated heterocycles. The topological polar surface area (TPSA) is 57.6 Å². The van der Waals surface area contributed by atoms with Crippen LogP contribution in [-0.2, 0) is 9.59 Å². The van der Waals surface area contributed by atoms with Gasteiger partial charge in [-0.15, -0.1) is 0 Å². The smallest absolute Gasteiger partial charge is 0.233 e. The summed E-state index contributed by atoms with van der Waals surface area (Å²) in [6.45, 7) is 1.89. The number of aliphatic hydroxyl groups excluding tert-OH is 1. The normalized spacial score (nSPS) is 29.8. The van der Waals surface area contributed by atoms with Crippen LogP contribution in [0.4, 0.5) is 0 Å². The molecule has 2 fully saturated rings. The van der Waals surface area contributed by atoms with Crippen LogP contribution in [0.2, 0.25) is 0 Å². The van der Waals surface area contributed by atoms with E-state index in [9.17, 15) is 14.7 Å². The molecule has 0 aromatic heterocycles. The summed E-state index contributed by atoms with van der Waals surface area (Å²) in [5, 5.41) is 9.69. The molecule has 3 rings (SSSR count). The van der Waals surface area contributed by atoms with Gasteiger partial charge in [-0.25, -0.2) is 0 Å². The first-order valence-corrected chi connectivity index (χ1v) is 7.70. The maximum Gasteiger partial charge on any atom is 0.233 e. The Morgan fingerprint density at radius 2 is 1.71 bits per heavy atom. The van der Waals surface area contributed by atoms with E-state index >= 15 is 0 Å². The number of rotatable bonds is 4. The van der Waals surface area contributed by atoms with Crippen molar-refractivity contribution in [3.8, 4) is 0 Å². The molecule has 4 nitrogen and oxygen atoms in total. The molecule has 1 saturated carbocycles. The third-order valence-corrected chi connectivity index (χ3v) is 5.02. The number of hydrogen-bond acceptors (Lipinski definition) is 3. The first kappa shape index (κ1) is 14.3. The third kappa shape index (κ3) is 2.27. The van der Waals surface area contributed by atoms with Gasteiger partial charge in [-0.2, -0.15) is 0 Å². The summed E-state index contributed by atoms with van der Waals surface area (Å²) < 4.78 is 0. The van der Waals surface area contributed by atoms with Gasteiger partial charge in [-0.3, -0.25) is 14.5 Å². The zero-order chi connectivity index (χ0) is 15.0. The van der Waals surface area contributed by atoms with Gasteiger partial charge >= 0.3 is 0 Å². The van der Waals surface area contributed by atoms with Crippen LogP contribution in [0.5, 0.6) is 0 Å². The number of aliphatic hydroxyl groups is 1. The molecule has 0 bridgehead atoms. The van der Waals surface area contributed by atoms with Crippen molar-refractivity contribution in [2.75, 3.05) is 6.61 Å². The maximum atomic E-state index is 12.6. The summed E-state index contributed by atoms with van der Waals surface area (Å²) in [5.74, 6) is -0.0347. The quantitative estimate of drug-likeness (QED) is 0.863. The molecular formula is C17H21NO3. The van der Waals surface area contributed by atoms with E-state index in [1.807, 2.05) is 30.3 Å². The average molecular weight is 287 g/mol. The fraction of sp³-hybridized carbons (Fsp3) is 0.529. The minimum atomic E-state index is -0.545. The van der Waals surface area contributed by atoms with Gasteiger partial charge in [0.1, 0.15) is 0 Å². The van der Waals surface area contributed by atoms with Crippen molar-refractivity contribution in [1.29, 1.82) is 0 Å². The van der Waals surface area contributed by atoms with E-state index in [4.69, 9.17) is 0 Å². The zero-order valence-electron chi connectivity index (χ0n) is 12.2. The van der Waals surface area contributed by atoms with Crippen LogP contribution < -0.4 is 0 Å². The largest absolute Gasteiger partial charge is 0.394 e. The van der Waals surface area contributed by atoms with Crippen molar-refractivity contribution < 1.29 is 14.7 Å². The van der Waals surface area contributed by atoms with Gasteiger partial charge in [0, 0.05) is 0 Å². The van der Waals surface area contributed by atoms with E-state index in [0.29, 0.717) is 5.92 Å². The predicted octanol–water partition coefficient (Wildman–Crippen LogP) is 2.14. The fourth-order valence-corrected chi connectivity index (χ4v) is 3.81. The second kappa shape index (κ2) is 5.60. The predicted molar refractivity (Wildman–Crippen MR) is 78.1 cm³/mol. The van der Waals surface area contributed by atoms with Crippen molar-refractivity contribution in [2.45, 2.75) is 32.2 Å². The molecule has 1 aromatic carbocycles. The summed E-state index contributed by atoms with van der Waals surface area (Å²) in [5.41, 5.74) is 0.814. The molecular weight excluding hydrogens is 266 g/mol. The van der Waals surface area contributed by atoms with Crippen molar-refractivity contribution in [3.05, 3.63) is 35.9 Å². The first-order chi connectivity index (χ1) is 10.2. The number of benzene rings is 1. The van der Waals surface area contributed by atoms with Gasteiger partial charge in [0.05, 0.1) is 24.5 Å². The van der Waals surface area contributed by atoms with Gasteiger partial charge in [0.25, 0.3) is 0 Å². The van der Waals surface area contributed by atoms with Crippen LogP contribution in [0.3, 0.4) is 0 Å². The maximum absolute atomic E-state index is 12.6. The Balaban J connectivity index is 1.87. The first-order valence-electron chi connectivity index (χ1n) is 7.70. The van der Waals surface area contributed by atoms with Gasteiger partial charge in [-0.05, 0) is 24.3 Å². The Hall–Kier alpha value is -1.68. The Morgan fingerprint density at radius 1 is 1.14 bits per heavy atom. The van der Waals surface area contributed by atoms with Crippen molar-refractivity contribution in [3.63, 3.8) is 0 Å².